The van der Waals surface area contributed by atoms with Gasteiger partial charge in [0.1, 0.15) is 6.17 Å². The fourth-order valence-electron chi connectivity index (χ4n) is 5.55. The monoisotopic (exact) mass is 462 g/mol. The Bertz CT molecular complexity index is 1170. The lowest BCUT2D eigenvalue weighted by atomic mass is 10.0. The average molecular weight is 463 g/mol. The average Bonchev–Trinajstić information content (AvgIpc) is 3.09. The van der Waals surface area contributed by atoms with Gasteiger partial charge in [-0.3, -0.25) is 0 Å². The molecule has 4 rings (SSSR count). The molecule has 5 heteroatoms. The van der Waals surface area contributed by atoms with Gasteiger partial charge in [-0.15, -0.1) is 0 Å². The first kappa shape index (κ1) is 23.4. The van der Waals surface area contributed by atoms with E-state index in [0.717, 1.165) is 24.5 Å². The minimum absolute atomic E-state index is 0.0382. The summed E-state index contributed by atoms with van der Waals surface area (Å²) < 4.78 is 27.1. The van der Waals surface area contributed by atoms with Crippen LogP contribution in [0.1, 0.15) is 33.4 Å². The van der Waals surface area contributed by atoms with E-state index in [1.54, 1.807) is 24.3 Å². The van der Waals surface area contributed by atoms with E-state index in [0.29, 0.717) is 4.90 Å². The van der Waals surface area contributed by atoms with Crippen LogP contribution in [0.25, 0.3) is 0 Å². The molecule has 33 heavy (non-hydrogen) atoms. The molecule has 0 saturated carbocycles. The van der Waals surface area contributed by atoms with Crippen molar-refractivity contribution >= 4 is 21.2 Å². The molecule has 3 aromatic carbocycles. The molecule has 1 aliphatic heterocycles. The van der Waals surface area contributed by atoms with Crippen molar-refractivity contribution in [2.75, 3.05) is 28.6 Å². The molecule has 0 aromatic heterocycles. The number of benzene rings is 3. The minimum atomic E-state index is -3.48. The van der Waals surface area contributed by atoms with Gasteiger partial charge < -0.3 is 9.80 Å². The zero-order valence-corrected chi connectivity index (χ0v) is 21.3. The molecule has 1 aliphatic rings. The van der Waals surface area contributed by atoms with Crippen molar-refractivity contribution in [2.24, 2.45) is 0 Å². The van der Waals surface area contributed by atoms with E-state index >= 15 is 0 Å². The van der Waals surface area contributed by atoms with Crippen LogP contribution in [-0.4, -0.2) is 33.4 Å². The van der Waals surface area contributed by atoms with Crippen LogP contribution in [0.2, 0.25) is 0 Å². The predicted molar refractivity (Wildman–Crippen MR) is 138 cm³/mol. The maximum absolute atomic E-state index is 13.5. The van der Waals surface area contributed by atoms with Gasteiger partial charge in [-0.1, -0.05) is 53.6 Å². The second-order valence-corrected chi connectivity index (χ2v) is 11.5. The Balaban J connectivity index is 1.84. The number of nitrogens with zero attached hydrogens (tertiary/aromatic N) is 2. The lowest BCUT2D eigenvalue weighted by molar-refractivity contribution is 0.585. The highest BCUT2D eigenvalue weighted by Gasteiger charge is 2.38. The molecule has 0 atom stereocenters. The molecule has 0 spiro atoms. The highest BCUT2D eigenvalue weighted by molar-refractivity contribution is 7.91. The number of hydrogen-bond donors (Lipinski definition) is 0. The van der Waals surface area contributed by atoms with E-state index in [1.807, 2.05) is 6.07 Å². The third kappa shape index (κ3) is 4.51. The largest absolute Gasteiger partial charge is 0.348 e. The molecule has 1 heterocycles. The van der Waals surface area contributed by atoms with Gasteiger partial charge in [0.15, 0.2) is 9.84 Å². The van der Waals surface area contributed by atoms with Gasteiger partial charge in [-0.05, 0) is 75.9 Å². The lowest BCUT2D eigenvalue weighted by Gasteiger charge is -2.36. The zero-order valence-electron chi connectivity index (χ0n) is 20.5. The Kier molecular flexibility index (Phi) is 6.28. The minimum Gasteiger partial charge on any atom is -0.348 e. The van der Waals surface area contributed by atoms with Gasteiger partial charge >= 0.3 is 0 Å². The summed E-state index contributed by atoms with van der Waals surface area (Å²) in [6, 6.07) is 17.6. The number of aryl methyl sites for hydroxylation is 6. The summed E-state index contributed by atoms with van der Waals surface area (Å²) in [5, 5.41) is 0. The molecule has 0 bridgehead atoms. The molecule has 0 N–H and O–H groups in total. The highest BCUT2D eigenvalue weighted by Crippen LogP contribution is 2.37. The normalized spacial score (nSPS) is 14.8. The van der Waals surface area contributed by atoms with Crippen molar-refractivity contribution in [3.05, 3.63) is 88.0 Å². The summed E-state index contributed by atoms with van der Waals surface area (Å²) in [6.45, 7) is 14.3. The van der Waals surface area contributed by atoms with E-state index in [2.05, 4.69) is 75.6 Å². The van der Waals surface area contributed by atoms with Crippen LogP contribution in [0.5, 0.6) is 0 Å². The maximum Gasteiger partial charge on any atom is 0.182 e. The van der Waals surface area contributed by atoms with E-state index in [4.69, 9.17) is 0 Å². The van der Waals surface area contributed by atoms with Crippen molar-refractivity contribution < 1.29 is 8.42 Å². The van der Waals surface area contributed by atoms with Gasteiger partial charge in [0.25, 0.3) is 0 Å². The molecule has 3 aromatic rings. The number of rotatable bonds is 5. The van der Waals surface area contributed by atoms with E-state index in [9.17, 15) is 8.42 Å². The lowest BCUT2D eigenvalue weighted by Crippen LogP contribution is -2.45. The molecule has 1 fully saturated rings. The van der Waals surface area contributed by atoms with Crippen molar-refractivity contribution in [1.82, 2.24) is 0 Å². The third-order valence-electron chi connectivity index (χ3n) is 6.62. The zero-order chi connectivity index (χ0) is 23.9. The molecule has 0 unspecified atom stereocenters. The van der Waals surface area contributed by atoms with E-state index < -0.39 is 9.84 Å². The topological polar surface area (TPSA) is 40.6 Å². The quantitative estimate of drug-likeness (QED) is 0.490. The summed E-state index contributed by atoms with van der Waals surface area (Å²) in [5.41, 5.74) is 9.51. The molecular weight excluding hydrogens is 428 g/mol. The first-order chi connectivity index (χ1) is 15.6. The smallest absolute Gasteiger partial charge is 0.182 e. The number of anilines is 2. The van der Waals surface area contributed by atoms with Gasteiger partial charge in [0.05, 0.1) is 10.6 Å². The summed E-state index contributed by atoms with van der Waals surface area (Å²) >= 11 is 0. The van der Waals surface area contributed by atoms with Crippen LogP contribution in [0.3, 0.4) is 0 Å². The third-order valence-corrected chi connectivity index (χ3v) is 8.34. The van der Waals surface area contributed by atoms with Crippen LogP contribution in [-0.2, 0) is 9.84 Å². The van der Waals surface area contributed by atoms with Crippen molar-refractivity contribution in [3.63, 3.8) is 0 Å². The summed E-state index contributed by atoms with van der Waals surface area (Å²) in [4.78, 5) is 5.00. The van der Waals surface area contributed by atoms with Gasteiger partial charge in [-0.25, -0.2) is 8.42 Å². The molecule has 0 amide bonds. The standard InChI is InChI=1S/C28H34N2O2S/c1-19-14-21(3)27(22(4)15-19)29-12-13-30(28-23(5)16-20(2)17-24(28)6)26(29)18-33(31,32)25-10-8-7-9-11-25/h7-11,14-17,26H,12-13,18H2,1-6H3. The van der Waals surface area contributed by atoms with Crippen molar-refractivity contribution in [2.45, 2.75) is 52.6 Å². The molecule has 4 nitrogen and oxygen atoms in total. The van der Waals surface area contributed by atoms with Crippen molar-refractivity contribution in [3.8, 4) is 0 Å². The van der Waals surface area contributed by atoms with Crippen LogP contribution >= 0.6 is 0 Å². The van der Waals surface area contributed by atoms with Gasteiger partial charge in [0, 0.05) is 24.5 Å². The fraction of sp³-hybridized carbons (Fsp3) is 0.357. The van der Waals surface area contributed by atoms with Crippen LogP contribution in [0.15, 0.2) is 59.5 Å². The molecule has 0 radical (unpaired) electrons. The van der Waals surface area contributed by atoms with Gasteiger partial charge in [0.2, 0.25) is 0 Å². The Morgan fingerprint density at radius 3 is 1.48 bits per heavy atom. The summed E-state index contributed by atoms with van der Waals surface area (Å²) in [6.07, 6.45) is -0.282. The van der Waals surface area contributed by atoms with E-state index in [1.165, 1.54) is 33.4 Å². The second kappa shape index (κ2) is 8.86. The Morgan fingerprint density at radius 2 is 1.09 bits per heavy atom. The van der Waals surface area contributed by atoms with E-state index in [-0.39, 0.29) is 11.9 Å². The summed E-state index contributed by atoms with van der Waals surface area (Å²) in [7, 11) is -3.48. The SMILES string of the molecule is Cc1cc(C)c(N2CCN(c3c(C)cc(C)cc3C)C2CS(=O)(=O)c2ccccc2)c(C)c1. The first-order valence-corrected chi connectivity index (χ1v) is 13.2. The Hall–Kier alpha value is -2.79. The summed E-state index contributed by atoms with van der Waals surface area (Å²) in [5.74, 6) is 0.0382. The second-order valence-electron chi connectivity index (χ2n) is 9.46. The molecule has 1 saturated heterocycles. The Morgan fingerprint density at radius 1 is 0.697 bits per heavy atom. The van der Waals surface area contributed by atoms with Crippen molar-refractivity contribution in [1.29, 1.82) is 0 Å². The van der Waals surface area contributed by atoms with Crippen LogP contribution in [0, 0.1) is 41.5 Å². The predicted octanol–water partition coefficient (Wildman–Crippen LogP) is 5.66. The van der Waals surface area contributed by atoms with Gasteiger partial charge in [-0.2, -0.15) is 0 Å². The van der Waals surface area contributed by atoms with Crippen LogP contribution < -0.4 is 9.80 Å². The highest BCUT2D eigenvalue weighted by atomic mass is 32.2. The Labute approximate surface area is 198 Å². The number of sulfone groups is 1. The maximum atomic E-state index is 13.5. The molecule has 0 aliphatic carbocycles. The molecular formula is C28H34N2O2S. The molecule has 174 valence electrons. The fourth-order valence-corrected chi connectivity index (χ4v) is 7.07. The number of hydrogen-bond acceptors (Lipinski definition) is 4. The first-order valence-electron chi connectivity index (χ1n) is 11.6. The van der Waals surface area contributed by atoms with Crippen LogP contribution in [0.4, 0.5) is 11.4 Å².